The Morgan fingerprint density at radius 1 is 0.880 bits per heavy atom. The highest BCUT2D eigenvalue weighted by Crippen LogP contribution is 2.14. The van der Waals surface area contributed by atoms with Crippen LogP contribution in [-0.2, 0) is 4.74 Å². The molecular formula is C19H20N2O4. The Labute approximate surface area is 146 Å². The largest absolute Gasteiger partial charge is 0.465 e. The Morgan fingerprint density at radius 2 is 1.48 bits per heavy atom. The molecule has 2 aromatic carbocycles. The minimum atomic E-state index is -0.483. The van der Waals surface area contributed by atoms with Crippen LogP contribution in [0.25, 0.3) is 0 Å². The first-order chi connectivity index (χ1) is 11.9. The SMILES string of the molecule is COC(=O)c1cccc(NC(=O)c2cccc(C(=O)NC(C)C)c2)c1. The fourth-order valence-corrected chi connectivity index (χ4v) is 2.19. The van der Waals surface area contributed by atoms with Crippen LogP contribution in [0.4, 0.5) is 5.69 Å². The summed E-state index contributed by atoms with van der Waals surface area (Å²) in [5.41, 5.74) is 1.56. The monoisotopic (exact) mass is 340 g/mol. The Bertz CT molecular complexity index is 800. The molecule has 0 aliphatic heterocycles. The van der Waals surface area contributed by atoms with Crippen molar-refractivity contribution in [3.63, 3.8) is 0 Å². The van der Waals surface area contributed by atoms with Crippen molar-refractivity contribution >= 4 is 23.5 Å². The number of benzene rings is 2. The van der Waals surface area contributed by atoms with Crippen molar-refractivity contribution in [2.45, 2.75) is 19.9 Å². The number of anilines is 1. The van der Waals surface area contributed by atoms with Crippen molar-refractivity contribution in [1.29, 1.82) is 0 Å². The van der Waals surface area contributed by atoms with Gasteiger partial charge in [-0.1, -0.05) is 12.1 Å². The zero-order valence-electron chi connectivity index (χ0n) is 14.3. The molecule has 0 unspecified atom stereocenters. The van der Waals surface area contributed by atoms with E-state index < -0.39 is 5.97 Å². The smallest absolute Gasteiger partial charge is 0.337 e. The molecular weight excluding hydrogens is 320 g/mol. The highest BCUT2D eigenvalue weighted by molar-refractivity contribution is 6.06. The van der Waals surface area contributed by atoms with E-state index in [0.29, 0.717) is 22.4 Å². The van der Waals surface area contributed by atoms with E-state index >= 15 is 0 Å². The zero-order valence-corrected chi connectivity index (χ0v) is 14.3. The van der Waals surface area contributed by atoms with Gasteiger partial charge in [-0.15, -0.1) is 0 Å². The fraction of sp³-hybridized carbons (Fsp3) is 0.211. The standard InChI is InChI=1S/C19H20N2O4/c1-12(2)20-17(22)13-6-4-7-14(10-13)18(23)21-16-9-5-8-15(11-16)19(24)25-3/h4-12H,1-3H3,(H,20,22)(H,21,23). The first-order valence-electron chi connectivity index (χ1n) is 7.81. The van der Waals surface area contributed by atoms with E-state index in [4.69, 9.17) is 0 Å². The van der Waals surface area contributed by atoms with E-state index in [9.17, 15) is 14.4 Å². The first-order valence-corrected chi connectivity index (χ1v) is 7.81. The first kappa shape index (κ1) is 18.2. The minimum absolute atomic E-state index is 0.00560. The summed E-state index contributed by atoms with van der Waals surface area (Å²) in [6.07, 6.45) is 0. The van der Waals surface area contributed by atoms with Gasteiger partial charge in [0.05, 0.1) is 12.7 Å². The minimum Gasteiger partial charge on any atom is -0.465 e. The van der Waals surface area contributed by atoms with Gasteiger partial charge < -0.3 is 15.4 Å². The van der Waals surface area contributed by atoms with Crippen molar-refractivity contribution in [1.82, 2.24) is 5.32 Å². The number of ether oxygens (including phenoxy) is 1. The van der Waals surface area contributed by atoms with E-state index in [1.807, 2.05) is 13.8 Å². The van der Waals surface area contributed by atoms with Gasteiger partial charge >= 0.3 is 5.97 Å². The van der Waals surface area contributed by atoms with E-state index in [0.717, 1.165) is 0 Å². The maximum absolute atomic E-state index is 12.4. The van der Waals surface area contributed by atoms with E-state index in [-0.39, 0.29) is 17.9 Å². The summed E-state index contributed by atoms with van der Waals surface area (Å²) in [5, 5.41) is 5.49. The lowest BCUT2D eigenvalue weighted by molar-refractivity contribution is 0.0600. The molecule has 0 atom stereocenters. The number of methoxy groups -OCH3 is 1. The molecule has 6 heteroatoms. The molecule has 0 bridgehead atoms. The van der Waals surface area contributed by atoms with Gasteiger partial charge in [-0.25, -0.2) is 4.79 Å². The summed E-state index contributed by atoms with van der Waals surface area (Å²) < 4.78 is 4.66. The maximum atomic E-state index is 12.4. The van der Waals surface area contributed by atoms with Crippen LogP contribution in [0.2, 0.25) is 0 Å². The summed E-state index contributed by atoms with van der Waals surface area (Å²) in [6.45, 7) is 3.73. The van der Waals surface area contributed by atoms with Crippen LogP contribution in [0.1, 0.15) is 44.9 Å². The summed E-state index contributed by atoms with van der Waals surface area (Å²) in [5.74, 6) is -1.10. The number of carbonyl (C=O) groups excluding carboxylic acids is 3. The van der Waals surface area contributed by atoms with Gasteiger partial charge in [0, 0.05) is 22.9 Å². The maximum Gasteiger partial charge on any atom is 0.337 e. The third-order valence-corrected chi connectivity index (χ3v) is 3.35. The topological polar surface area (TPSA) is 84.5 Å². The number of nitrogens with one attached hydrogen (secondary N) is 2. The highest BCUT2D eigenvalue weighted by atomic mass is 16.5. The molecule has 130 valence electrons. The molecule has 0 aliphatic carbocycles. The van der Waals surface area contributed by atoms with Gasteiger partial charge in [-0.3, -0.25) is 9.59 Å². The van der Waals surface area contributed by atoms with Crippen molar-refractivity contribution < 1.29 is 19.1 Å². The van der Waals surface area contributed by atoms with Crippen LogP contribution in [0, 0.1) is 0 Å². The number of hydrogen-bond donors (Lipinski definition) is 2. The summed E-state index contributed by atoms with van der Waals surface area (Å²) in [6, 6.07) is 12.9. The summed E-state index contributed by atoms with van der Waals surface area (Å²) in [4.78, 5) is 36.0. The number of esters is 1. The molecule has 0 heterocycles. The average Bonchev–Trinajstić information content (AvgIpc) is 2.60. The summed E-state index contributed by atoms with van der Waals surface area (Å²) >= 11 is 0. The number of hydrogen-bond acceptors (Lipinski definition) is 4. The lowest BCUT2D eigenvalue weighted by Crippen LogP contribution is -2.30. The van der Waals surface area contributed by atoms with Crippen molar-refractivity contribution in [2.24, 2.45) is 0 Å². The molecule has 2 rings (SSSR count). The number of amides is 2. The van der Waals surface area contributed by atoms with Gasteiger partial charge in [-0.2, -0.15) is 0 Å². The Balaban J connectivity index is 2.16. The molecule has 0 spiro atoms. The van der Waals surface area contributed by atoms with Crippen LogP contribution in [-0.4, -0.2) is 30.9 Å². The molecule has 25 heavy (non-hydrogen) atoms. The van der Waals surface area contributed by atoms with Crippen molar-refractivity contribution in [2.75, 3.05) is 12.4 Å². The lowest BCUT2D eigenvalue weighted by atomic mass is 10.1. The lowest BCUT2D eigenvalue weighted by Gasteiger charge is -2.10. The molecule has 0 saturated heterocycles. The molecule has 0 aromatic heterocycles. The quantitative estimate of drug-likeness (QED) is 0.820. The van der Waals surface area contributed by atoms with Crippen LogP contribution in [0.5, 0.6) is 0 Å². The molecule has 2 N–H and O–H groups in total. The van der Waals surface area contributed by atoms with Crippen molar-refractivity contribution in [3.05, 3.63) is 65.2 Å². The second-order valence-corrected chi connectivity index (χ2v) is 5.74. The average molecular weight is 340 g/mol. The van der Waals surface area contributed by atoms with Crippen LogP contribution in [0.15, 0.2) is 48.5 Å². The number of rotatable bonds is 5. The highest BCUT2D eigenvalue weighted by Gasteiger charge is 2.12. The van der Waals surface area contributed by atoms with E-state index in [1.165, 1.54) is 19.2 Å². The third-order valence-electron chi connectivity index (χ3n) is 3.35. The molecule has 2 aromatic rings. The van der Waals surface area contributed by atoms with Crippen LogP contribution >= 0.6 is 0 Å². The summed E-state index contributed by atoms with van der Waals surface area (Å²) in [7, 11) is 1.29. The zero-order chi connectivity index (χ0) is 18.4. The Morgan fingerprint density at radius 3 is 2.12 bits per heavy atom. The number of carbonyl (C=O) groups is 3. The molecule has 0 saturated carbocycles. The van der Waals surface area contributed by atoms with Gasteiger partial charge in [0.1, 0.15) is 0 Å². The molecule has 6 nitrogen and oxygen atoms in total. The molecule has 0 aliphatic rings. The van der Waals surface area contributed by atoms with Crippen LogP contribution in [0.3, 0.4) is 0 Å². The second kappa shape index (κ2) is 8.10. The van der Waals surface area contributed by atoms with Crippen molar-refractivity contribution in [3.8, 4) is 0 Å². The Hall–Kier alpha value is -3.15. The predicted octanol–water partition coefficient (Wildman–Crippen LogP) is 2.86. The van der Waals surface area contributed by atoms with E-state index in [2.05, 4.69) is 15.4 Å². The van der Waals surface area contributed by atoms with E-state index in [1.54, 1.807) is 36.4 Å². The van der Waals surface area contributed by atoms with Gasteiger partial charge in [-0.05, 0) is 50.2 Å². The third kappa shape index (κ3) is 4.91. The van der Waals surface area contributed by atoms with Gasteiger partial charge in [0.15, 0.2) is 0 Å². The van der Waals surface area contributed by atoms with Gasteiger partial charge in [0.25, 0.3) is 11.8 Å². The predicted molar refractivity (Wildman–Crippen MR) is 94.8 cm³/mol. The molecule has 0 fully saturated rings. The molecule has 0 radical (unpaired) electrons. The second-order valence-electron chi connectivity index (χ2n) is 5.74. The van der Waals surface area contributed by atoms with Crippen LogP contribution < -0.4 is 10.6 Å². The van der Waals surface area contributed by atoms with Gasteiger partial charge in [0.2, 0.25) is 0 Å². The normalized spacial score (nSPS) is 10.2. The molecule has 2 amide bonds. The fourth-order valence-electron chi connectivity index (χ4n) is 2.19. The Kier molecular flexibility index (Phi) is 5.89.